The summed E-state index contributed by atoms with van der Waals surface area (Å²) in [6.45, 7) is 0.524. The number of hydrogen-bond acceptors (Lipinski definition) is 4. The number of amides is 1. The molecule has 0 unspecified atom stereocenters. The summed E-state index contributed by atoms with van der Waals surface area (Å²) in [7, 11) is 0. The highest BCUT2D eigenvalue weighted by atomic mass is 35.5. The van der Waals surface area contributed by atoms with E-state index in [4.69, 9.17) is 16.9 Å². The summed E-state index contributed by atoms with van der Waals surface area (Å²) in [5.41, 5.74) is 2.91. The number of carbonyl (C=O) groups is 1. The van der Waals surface area contributed by atoms with E-state index in [1.54, 1.807) is 36.5 Å². The average Bonchev–Trinajstić information content (AvgIpc) is 2.70. The van der Waals surface area contributed by atoms with E-state index in [9.17, 15) is 4.79 Å². The van der Waals surface area contributed by atoms with Crippen LogP contribution in [0, 0.1) is 11.3 Å². The summed E-state index contributed by atoms with van der Waals surface area (Å²) >= 11 is 5.87. The van der Waals surface area contributed by atoms with Crippen molar-refractivity contribution in [2.45, 2.75) is 6.42 Å². The first-order valence-corrected chi connectivity index (χ1v) is 8.78. The van der Waals surface area contributed by atoms with Gasteiger partial charge in [-0.2, -0.15) is 5.26 Å². The third-order valence-electron chi connectivity index (χ3n) is 3.90. The number of rotatable bonds is 6. The van der Waals surface area contributed by atoms with E-state index < -0.39 is 0 Å². The molecule has 0 aliphatic carbocycles. The van der Waals surface area contributed by atoms with Crippen molar-refractivity contribution in [2.24, 2.45) is 0 Å². The first kappa shape index (κ1) is 18.4. The van der Waals surface area contributed by atoms with Gasteiger partial charge >= 0.3 is 0 Å². The summed E-state index contributed by atoms with van der Waals surface area (Å²) < 4.78 is 0. The third-order valence-corrected chi connectivity index (χ3v) is 4.15. The van der Waals surface area contributed by atoms with Gasteiger partial charge in [0.25, 0.3) is 5.91 Å². The Labute approximate surface area is 162 Å². The second kappa shape index (κ2) is 8.84. The highest BCUT2D eigenvalue weighted by Gasteiger charge is 2.07. The minimum absolute atomic E-state index is 0.166. The van der Waals surface area contributed by atoms with Crippen LogP contribution in [0.4, 0.5) is 11.5 Å². The van der Waals surface area contributed by atoms with E-state index in [2.05, 4.69) is 21.7 Å². The zero-order chi connectivity index (χ0) is 19.1. The quantitative estimate of drug-likeness (QED) is 0.671. The minimum Gasteiger partial charge on any atom is -0.352 e. The molecule has 0 aliphatic heterocycles. The van der Waals surface area contributed by atoms with Crippen molar-refractivity contribution >= 4 is 29.0 Å². The number of halogens is 1. The van der Waals surface area contributed by atoms with Crippen LogP contribution in [0.15, 0.2) is 66.9 Å². The van der Waals surface area contributed by atoms with Crippen molar-refractivity contribution in [3.05, 3.63) is 88.6 Å². The lowest BCUT2D eigenvalue weighted by Gasteiger charge is -2.09. The number of nitrogens with one attached hydrogen (secondary N) is 2. The van der Waals surface area contributed by atoms with E-state index in [1.165, 1.54) is 0 Å². The second-order valence-corrected chi connectivity index (χ2v) is 6.32. The number of hydrogen-bond donors (Lipinski definition) is 2. The molecule has 2 aromatic carbocycles. The summed E-state index contributed by atoms with van der Waals surface area (Å²) in [5, 5.41) is 15.7. The molecule has 6 heteroatoms. The molecular formula is C21H17ClN4O. The molecule has 0 saturated carbocycles. The SMILES string of the molecule is N#Cc1cccc(Nc2cc(C(=O)NCCc3ccc(Cl)cc3)ccn2)c1. The Morgan fingerprint density at radius 3 is 2.70 bits per heavy atom. The monoisotopic (exact) mass is 376 g/mol. The van der Waals surface area contributed by atoms with Crippen LogP contribution < -0.4 is 10.6 Å². The molecule has 1 amide bonds. The minimum atomic E-state index is -0.166. The molecule has 0 fully saturated rings. The molecule has 3 rings (SSSR count). The number of nitriles is 1. The highest BCUT2D eigenvalue weighted by molar-refractivity contribution is 6.30. The van der Waals surface area contributed by atoms with Crippen molar-refractivity contribution in [3.8, 4) is 6.07 Å². The molecule has 2 N–H and O–H groups in total. The first-order valence-electron chi connectivity index (χ1n) is 8.40. The van der Waals surface area contributed by atoms with Gasteiger partial charge in [-0.05, 0) is 54.4 Å². The van der Waals surface area contributed by atoms with Gasteiger partial charge in [-0.1, -0.05) is 29.8 Å². The molecule has 5 nitrogen and oxygen atoms in total. The van der Waals surface area contributed by atoms with Crippen molar-refractivity contribution < 1.29 is 4.79 Å². The number of aromatic nitrogens is 1. The van der Waals surface area contributed by atoms with Crippen molar-refractivity contribution in [3.63, 3.8) is 0 Å². The molecule has 0 aliphatic rings. The zero-order valence-electron chi connectivity index (χ0n) is 14.4. The Morgan fingerprint density at radius 1 is 1.11 bits per heavy atom. The topological polar surface area (TPSA) is 77.8 Å². The first-order chi connectivity index (χ1) is 13.1. The fourth-order valence-electron chi connectivity index (χ4n) is 2.53. The predicted molar refractivity (Wildman–Crippen MR) is 106 cm³/mol. The van der Waals surface area contributed by atoms with Crippen molar-refractivity contribution in [1.29, 1.82) is 5.26 Å². The van der Waals surface area contributed by atoms with Gasteiger partial charge < -0.3 is 10.6 Å². The highest BCUT2D eigenvalue weighted by Crippen LogP contribution is 2.16. The number of pyridine rings is 1. The lowest BCUT2D eigenvalue weighted by atomic mass is 10.1. The Bertz CT molecular complexity index is 980. The Kier molecular flexibility index (Phi) is 6.03. The molecule has 0 saturated heterocycles. The third kappa shape index (κ3) is 5.30. The van der Waals surface area contributed by atoms with Gasteiger partial charge in [0.15, 0.2) is 0 Å². The predicted octanol–water partition coefficient (Wildman–Crippen LogP) is 4.32. The molecule has 0 spiro atoms. The maximum absolute atomic E-state index is 12.4. The van der Waals surface area contributed by atoms with Crippen molar-refractivity contribution in [2.75, 3.05) is 11.9 Å². The molecule has 0 radical (unpaired) electrons. The number of anilines is 2. The molecule has 0 atom stereocenters. The van der Waals surface area contributed by atoms with Crippen LogP contribution >= 0.6 is 11.6 Å². The van der Waals surface area contributed by atoms with Gasteiger partial charge in [0, 0.05) is 29.0 Å². The van der Waals surface area contributed by atoms with Gasteiger partial charge in [-0.25, -0.2) is 4.98 Å². The smallest absolute Gasteiger partial charge is 0.251 e. The number of carbonyl (C=O) groups excluding carboxylic acids is 1. The summed E-state index contributed by atoms with van der Waals surface area (Å²) in [6, 6.07) is 20.1. The average molecular weight is 377 g/mol. The van der Waals surface area contributed by atoms with E-state index in [0.717, 1.165) is 17.7 Å². The molecule has 3 aromatic rings. The molecule has 27 heavy (non-hydrogen) atoms. The largest absolute Gasteiger partial charge is 0.352 e. The van der Waals surface area contributed by atoms with Gasteiger partial charge in [0.2, 0.25) is 0 Å². The Hall–Kier alpha value is -3.36. The molecule has 1 heterocycles. The van der Waals surface area contributed by atoms with Gasteiger partial charge in [-0.15, -0.1) is 0 Å². The van der Waals surface area contributed by atoms with Crippen LogP contribution in [0.3, 0.4) is 0 Å². The second-order valence-electron chi connectivity index (χ2n) is 5.88. The number of nitrogens with zero attached hydrogens (tertiary/aromatic N) is 2. The van der Waals surface area contributed by atoms with Crippen LogP contribution in [0.5, 0.6) is 0 Å². The maximum Gasteiger partial charge on any atom is 0.251 e. The van der Waals surface area contributed by atoms with Gasteiger partial charge in [0.1, 0.15) is 5.82 Å². The van der Waals surface area contributed by atoms with E-state index in [0.29, 0.717) is 28.5 Å². The van der Waals surface area contributed by atoms with Gasteiger partial charge in [0.05, 0.1) is 11.6 Å². The molecule has 0 bridgehead atoms. The fourth-order valence-corrected chi connectivity index (χ4v) is 2.65. The Balaban J connectivity index is 1.59. The van der Waals surface area contributed by atoms with Crippen LogP contribution in [-0.4, -0.2) is 17.4 Å². The maximum atomic E-state index is 12.4. The van der Waals surface area contributed by atoms with E-state index in [1.807, 2.05) is 30.3 Å². The lowest BCUT2D eigenvalue weighted by molar-refractivity contribution is 0.0954. The van der Waals surface area contributed by atoms with Crippen LogP contribution in [0.1, 0.15) is 21.5 Å². The number of benzene rings is 2. The van der Waals surface area contributed by atoms with Gasteiger partial charge in [-0.3, -0.25) is 4.79 Å². The van der Waals surface area contributed by atoms with Crippen LogP contribution in [0.2, 0.25) is 5.02 Å². The van der Waals surface area contributed by atoms with E-state index in [-0.39, 0.29) is 5.91 Å². The molecular weight excluding hydrogens is 360 g/mol. The fraction of sp³-hybridized carbons (Fsp3) is 0.0952. The Morgan fingerprint density at radius 2 is 1.93 bits per heavy atom. The van der Waals surface area contributed by atoms with Crippen molar-refractivity contribution in [1.82, 2.24) is 10.3 Å². The summed E-state index contributed by atoms with van der Waals surface area (Å²) in [4.78, 5) is 16.6. The molecule has 1 aromatic heterocycles. The molecule has 134 valence electrons. The summed E-state index contributed by atoms with van der Waals surface area (Å²) in [6.07, 6.45) is 2.30. The van der Waals surface area contributed by atoms with Crippen LogP contribution in [-0.2, 0) is 6.42 Å². The summed E-state index contributed by atoms with van der Waals surface area (Å²) in [5.74, 6) is 0.371. The standard InChI is InChI=1S/C21H17ClN4O/c22-18-6-4-15(5-7-18)8-10-25-21(27)17-9-11-24-20(13-17)26-19-3-1-2-16(12-19)14-23/h1-7,9,11-13H,8,10H2,(H,24,26)(H,25,27). The zero-order valence-corrected chi connectivity index (χ0v) is 15.2. The lowest BCUT2D eigenvalue weighted by Crippen LogP contribution is -2.25. The van der Waals surface area contributed by atoms with Crippen LogP contribution in [0.25, 0.3) is 0 Å². The van der Waals surface area contributed by atoms with E-state index >= 15 is 0 Å². The normalized spacial score (nSPS) is 10.1.